The lowest BCUT2D eigenvalue weighted by Gasteiger charge is -2.04. The number of hydrogen-bond acceptors (Lipinski definition) is 8. The summed E-state index contributed by atoms with van der Waals surface area (Å²) in [7, 11) is 0. The van der Waals surface area contributed by atoms with E-state index in [2.05, 4.69) is 15.0 Å². The van der Waals surface area contributed by atoms with Gasteiger partial charge in [0.25, 0.3) is 0 Å². The average molecular weight is 263 g/mol. The maximum atomic E-state index is 11.5. The predicted molar refractivity (Wildman–Crippen MR) is 65.5 cm³/mol. The van der Waals surface area contributed by atoms with Crippen molar-refractivity contribution in [1.82, 2.24) is 15.0 Å². The van der Waals surface area contributed by atoms with Gasteiger partial charge in [-0.25, -0.2) is 0 Å². The molecule has 0 aliphatic carbocycles. The van der Waals surface area contributed by atoms with Crippen LogP contribution < -0.4 is 11.5 Å². The molecule has 8 heteroatoms. The molecule has 2 aromatic rings. The zero-order valence-corrected chi connectivity index (χ0v) is 10.1. The summed E-state index contributed by atoms with van der Waals surface area (Å²) in [5.74, 6) is 0.555. The molecule has 0 bridgehead atoms. The largest absolute Gasteiger partial charge is 0.469 e. The van der Waals surface area contributed by atoms with Crippen LogP contribution in [0, 0.1) is 0 Å². The quantitative estimate of drug-likeness (QED) is 0.737. The maximum Gasteiger partial charge on any atom is 0.306 e. The van der Waals surface area contributed by atoms with Gasteiger partial charge in [-0.05, 0) is 12.1 Å². The first-order valence-electron chi connectivity index (χ1n) is 5.57. The predicted octanol–water partition coefficient (Wildman–Crippen LogP) is 0.305. The zero-order chi connectivity index (χ0) is 13.7. The summed E-state index contributed by atoms with van der Waals surface area (Å²) in [5, 5.41) is 0. The SMILES string of the molecule is Nc1nc(N)nc(COC(=O)CCc2ccco2)n1. The molecule has 4 N–H and O–H groups in total. The van der Waals surface area contributed by atoms with Gasteiger partial charge in [-0.3, -0.25) is 4.79 Å². The van der Waals surface area contributed by atoms with E-state index in [9.17, 15) is 4.79 Å². The topological polar surface area (TPSA) is 130 Å². The molecule has 0 unspecified atom stereocenters. The molecule has 8 nitrogen and oxygen atoms in total. The van der Waals surface area contributed by atoms with Crippen molar-refractivity contribution in [2.45, 2.75) is 19.4 Å². The van der Waals surface area contributed by atoms with E-state index in [1.54, 1.807) is 18.4 Å². The van der Waals surface area contributed by atoms with E-state index < -0.39 is 0 Å². The molecule has 0 spiro atoms. The number of anilines is 2. The first-order valence-corrected chi connectivity index (χ1v) is 5.57. The standard InChI is InChI=1S/C11H13N5O3/c12-10-14-8(15-11(13)16-10)6-19-9(17)4-3-7-2-1-5-18-7/h1-2,5H,3-4,6H2,(H4,12,13,14,15,16). The van der Waals surface area contributed by atoms with E-state index in [1.807, 2.05) is 0 Å². The molecule has 0 amide bonds. The van der Waals surface area contributed by atoms with Gasteiger partial charge in [0.2, 0.25) is 11.9 Å². The van der Waals surface area contributed by atoms with Crippen molar-refractivity contribution in [2.24, 2.45) is 0 Å². The lowest BCUT2D eigenvalue weighted by Crippen LogP contribution is -2.11. The third-order valence-corrected chi connectivity index (χ3v) is 2.23. The number of carbonyl (C=O) groups excluding carboxylic acids is 1. The number of nitrogens with two attached hydrogens (primary N) is 2. The second-order valence-electron chi connectivity index (χ2n) is 3.71. The highest BCUT2D eigenvalue weighted by atomic mass is 16.5. The molecule has 0 aliphatic rings. The van der Waals surface area contributed by atoms with Gasteiger partial charge >= 0.3 is 5.97 Å². The molecule has 0 aliphatic heterocycles. The fourth-order valence-corrected chi connectivity index (χ4v) is 1.42. The molecule has 0 aromatic carbocycles. The van der Waals surface area contributed by atoms with Crippen LogP contribution in [0.4, 0.5) is 11.9 Å². The Labute approximate surface area is 108 Å². The molecule has 2 heterocycles. The number of nitrogens with zero attached hydrogens (tertiary/aromatic N) is 3. The molecule has 0 fully saturated rings. The molecule has 19 heavy (non-hydrogen) atoms. The summed E-state index contributed by atoms with van der Waals surface area (Å²) in [6.07, 6.45) is 2.24. The Hall–Kier alpha value is -2.64. The second kappa shape index (κ2) is 5.80. The van der Waals surface area contributed by atoms with Crippen molar-refractivity contribution >= 4 is 17.9 Å². The molecule has 0 radical (unpaired) electrons. The lowest BCUT2D eigenvalue weighted by atomic mass is 10.2. The van der Waals surface area contributed by atoms with Crippen molar-refractivity contribution in [1.29, 1.82) is 0 Å². The number of aromatic nitrogens is 3. The van der Waals surface area contributed by atoms with Crippen LogP contribution in [0.25, 0.3) is 0 Å². The van der Waals surface area contributed by atoms with Crippen LogP contribution in [-0.2, 0) is 22.6 Å². The Morgan fingerprint density at radius 3 is 2.63 bits per heavy atom. The summed E-state index contributed by atoms with van der Waals surface area (Å²) in [5.41, 5.74) is 10.8. The van der Waals surface area contributed by atoms with Crippen molar-refractivity contribution in [3.8, 4) is 0 Å². The number of hydrogen-bond donors (Lipinski definition) is 2. The van der Waals surface area contributed by atoms with E-state index in [1.165, 1.54) is 0 Å². The smallest absolute Gasteiger partial charge is 0.306 e. The van der Waals surface area contributed by atoms with Crippen LogP contribution in [0.15, 0.2) is 22.8 Å². The van der Waals surface area contributed by atoms with Gasteiger partial charge in [-0.1, -0.05) is 0 Å². The number of ether oxygens (including phenoxy) is 1. The minimum absolute atomic E-state index is 0.00543. The Morgan fingerprint density at radius 2 is 2.00 bits per heavy atom. The van der Waals surface area contributed by atoms with E-state index >= 15 is 0 Å². The summed E-state index contributed by atoms with van der Waals surface area (Å²) < 4.78 is 10.1. The highest BCUT2D eigenvalue weighted by Crippen LogP contribution is 2.06. The van der Waals surface area contributed by atoms with Gasteiger partial charge in [0, 0.05) is 6.42 Å². The second-order valence-corrected chi connectivity index (χ2v) is 3.71. The van der Waals surface area contributed by atoms with Crippen LogP contribution in [0.5, 0.6) is 0 Å². The number of rotatable bonds is 5. The number of furan rings is 1. The van der Waals surface area contributed by atoms with Crippen LogP contribution >= 0.6 is 0 Å². The third kappa shape index (κ3) is 3.95. The first-order chi connectivity index (χ1) is 9.13. The Balaban J connectivity index is 1.79. The fraction of sp³-hybridized carbons (Fsp3) is 0.273. The number of nitrogen functional groups attached to an aromatic ring is 2. The number of esters is 1. The summed E-state index contributed by atoms with van der Waals surface area (Å²) in [6.45, 7) is -0.0894. The monoisotopic (exact) mass is 263 g/mol. The van der Waals surface area contributed by atoms with Gasteiger partial charge in [0.1, 0.15) is 5.76 Å². The summed E-state index contributed by atoms with van der Waals surface area (Å²) in [6, 6.07) is 3.55. The Bertz CT molecular complexity index is 535. The molecular weight excluding hydrogens is 250 g/mol. The van der Waals surface area contributed by atoms with Gasteiger partial charge in [0.15, 0.2) is 12.4 Å². The number of carbonyl (C=O) groups is 1. The van der Waals surface area contributed by atoms with Crippen molar-refractivity contribution in [2.75, 3.05) is 11.5 Å². The van der Waals surface area contributed by atoms with Crippen molar-refractivity contribution in [3.63, 3.8) is 0 Å². The molecule has 2 aromatic heterocycles. The highest BCUT2D eigenvalue weighted by Gasteiger charge is 2.08. The van der Waals surface area contributed by atoms with Gasteiger partial charge < -0.3 is 20.6 Å². The Kier molecular flexibility index (Phi) is 3.91. The van der Waals surface area contributed by atoms with Gasteiger partial charge in [-0.2, -0.15) is 15.0 Å². The number of aryl methyl sites for hydroxylation is 1. The average Bonchev–Trinajstić information content (AvgIpc) is 2.86. The molecule has 0 saturated carbocycles. The molecule has 0 saturated heterocycles. The lowest BCUT2D eigenvalue weighted by molar-refractivity contribution is -0.145. The summed E-state index contributed by atoms with van der Waals surface area (Å²) in [4.78, 5) is 22.7. The van der Waals surface area contributed by atoms with Crippen LogP contribution in [0.3, 0.4) is 0 Å². The normalized spacial score (nSPS) is 10.3. The third-order valence-electron chi connectivity index (χ3n) is 2.23. The Morgan fingerprint density at radius 1 is 1.26 bits per heavy atom. The van der Waals surface area contributed by atoms with Gasteiger partial charge in [0.05, 0.1) is 12.7 Å². The van der Waals surface area contributed by atoms with Crippen molar-refractivity contribution < 1.29 is 13.9 Å². The molecule has 100 valence electrons. The zero-order valence-electron chi connectivity index (χ0n) is 10.1. The minimum atomic E-state index is -0.381. The van der Waals surface area contributed by atoms with E-state index in [0.29, 0.717) is 6.42 Å². The maximum absolute atomic E-state index is 11.5. The highest BCUT2D eigenvalue weighted by molar-refractivity contribution is 5.69. The van der Waals surface area contributed by atoms with Crippen LogP contribution in [0.2, 0.25) is 0 Å². The summed E-state index contributed by atoms with van der Waals surface area (Å²) >= 11 is 0. The fourth-order valence-electron chi connectivity index (χ4n) is 1.42. The van der Waals surface area contributed by atoms with E-state index in [-0.39, 0.29) is 36.7 Å². The van der Waals surface area contributed by atoms with E-state index in [0.717, 1.165) is 5.76 Å². The van der Waals surface area contributed by atoms with Crippen LogP contribution in [-0.4, -0.2) is 20.9 Å². The molecule has 2 rings (SSSR count). The van der Waals surface area contributed by atoms with Crippen molar-refractivity contribution in [3.05, 3.63) is 30.0 Å². The minimum Gasteiger partial charge on any atom is -0.469 e. The molecular formula is C11H13N5O3. The first kappa shape index (κ1) is 12.8. The van der Waals surface area contributed by atoms with E-state index in [4.69, 9.17) is 20.6 Å². The van der Waals surface area contributed by atoms with Crippen LogP contribution in [0.1, 0.15) is 18.0 Å². The molecule has 0 atom stereocenters. The van der Waals surface area contributed by atoms with Gasteiger partial charge in [-0.15, -0.1) is 0 Å².